The van der Waals surface area contributed by atoms with Crippen molar-refractivity contribution < 1.29 is 9.59 Å². The van der Waals surface area contributed by atoms with Gasteiger partial charge in [0.1, 0.15) is 0 Å². The van der Waals surface area contributed by atoms with Crippen molar-refractivity contribution >= 4 is 11.7 Å². The maximum absolute atomic E-state index is 12.7. The largest absolute Gasteiger partial charge is 0.369 e. The summed E-state index contributed by atoms with van der Waals surface area (Å²) in [6, 6.07) is 5.78. The van der Waals surface area contributed by atoms with Crippen LogP contribution in [0.1, 0.15) is 41.3 Å². The van der Waals surface area contributed by atoms with Crippen LogP contribution in [0.5, 0.6) is 0 Å². The van der Waals surface area contributed by atoms with Crippen molar-refractivity contribution in [3.05, 3.63) is 34.9 Å². The number of primary amides is 1. The van der Waals surface area contributed by atoms with E-state index in [2.05, 4.69) is 4.90 Å². The van der Waals surface area contributed by atoms with E-state index in [1.165, 1.54) is 5.56 Å². The molecule has 1 atom stereocenters. The quantitative estimate of drug-likeness (QED) is 0.863. The van der Waals surface area contributed by atoms with Gasteiger partial charge >= 0.3 is 0 Å². The zero-order chi connectivity index (χ0) is 15.6. The molecule has 1 aromatic rings. The van der Waals surface area contributed by atoms with Crippen LogP contribution in [-0.2, 0) is 4.79 Å². The van der Waals surface area contributed by atoms with E-state index in [9.17, 15) is 9.59 Å². The summed E-state index contributed by atoms with van der Waals surface area (Å²) < 4.78 is 0. The van der Waals surface area contributed by atoms with E-state index >= 15 is 0 Å². The summed E-state index contributed by atoms with van der Waals surface area (Å²) in [6.45, 7) is 7.47. The molecule has 1 aliphatic rings. The second-order valence-electron chi connectivity index (χ2n) is 6.07. The van der Waals surface area contributed by atoms with Crippen LogP contribution < -0.4 is 5.73 Å². The summed E-state index contributed by atoms with van der Waals surface area (Å²) in [5.41, 5.74) is 8.34. The normalized spacial score (nSPS) is 18.4. The van der Waals surface area contributed by atoms with E-state index in [1.54, 1.807) is 0 Å². The first-order chi connectivity index (χ1) is 9.90. The van der Waals surface area contributed by atoms with E-state index in [-0.39, 0.29) is 23.7 Å². The Morgan fingerprint density at radius 1 is 1.24 bits per heavy atom. The molecule has 4 heteroatoms. The first kappa shape index (κ1) is 15.7. The zero-order valence-corrected chi connectivity index (χ0v) is 13.1. The predicted molar refractivity (Wildman–Crippen MR) is 83.2 cm³/mol. The standard InChI is InChI=1S/C17H24N2O2/c1-11-4-5-15(12(2)10-11)16(20)13(3)19-8-6-14(7-9-19)17(18)21/h4-5,10,13-14H,6-9H2,1-3H3,(H2,18,21). The van der Waals surface area contributed by atoms with E-state index in [4.69, 9.17) is 5.73 Å². The summed E-state index contributed by atoms with van der Waals surface area (Å²) >= 11 is 0. The molecule has 1 aromatic carbocycles. The molecule has 1 unspecified atom stereocenters. The fourth-order valence-corrected chi connectivity index (χ4v) is 3.05. The number of rotatable bonds is 4. The number of ketones is 1. The van der Waals surface area contributed by atoms with Gasteiger partial charge in [0.15, 0.2) is 5.78 Å². The van der Waals surface area contributed by atoms with Gasteiger partial charge in [-0.15, -0.1) is 0 Å². The lowest BCUT2D eigenvalue weighted by Gasteiger charge is -2.34. The Hall–Kier alpha value is -1.68. The van der Waals surface area contributed by atoms with E-state index < -0.39 is 0 Å². The summed E-state index contributed by atoms with van der Waals surface area (Å²) in [5, 5.41) is 0. The highest BCUT2D eigenvalue weighted by atomic mass is 16.1. The van der Waals surface area contributed by atoms with Gasteiger partial charge in [0.25, 0.3) is 0 Å². The Balaban J connectivity index is 2.05. The lowest BCUT2D eigenvalue weighted by molar-refractivity contribution is -0.123. The molecule has 0 spiro atoms. The van der Waals surface area contributed by atoms with Crippen LogP contribution >= 0.6 is 0 Å². The molecule has 4 nitrogen and oxygen atoms in total. The van der Waals surface area contributed by atoms with Crippen molar-refractivity contribution in [2.75, 3.05) is 13.1 Å². The number of carbonyl (C=O) groups is 2. The number of benzene rings is 1. The lowest BCUT2D eigenvalue weighted by atomic mass is 9.93. The molecule has 1 amide bonds. The number of nitrogens with two attached hydrogens (primary N) is 1. The predicted octanol–water partition coefficient (Wildman–Crippen LogP) is 2.07. The van der Waals surface area contributed by atoms with Crippen LogP contribution in [0.15, 0.2) is 18.2 Å². The number of amides is 1. The molecule has 114 valence electrons. The smallest absolute Gasteiger partial charge is 0.220 e. The van der Waals surface area contributed by atoms with Crippen molar-refractivity contribution in [1.29, 1.82) is 0 Å². The van der Waals surface area contributed by atoms with Gasteiger partial charge in [-0.3, -0.25) is 14.5 Å². The lowest BCUT2D eigenvalue weighted by Crippen LogP contribution is -2.46. The highest BCUT2D eigenvalue weighted by Crippen LogP contribution is 2.21. The topological polar surface area (TPSA) is 63.4 Å². The third kappa shape index (κ3) is 3.50. The van der Waals surface area contributed by atoms with Crippen LogP contribution in [0, 0.1) is 19.8 Å². The van der Waals surface area contributed by atoms with Crippen LogP contribution in [0.25, 0.3) is 0 Å². The van der Waals surface area contributed by atoms with Crippen molar-refractivity contribution in [3.8, 4) is 0 Å². The molecule has 2 rings (SSSR count). The van der Waals surface area contributed by atoms with Crippen LogP contribution in [0.4, 0.5) is 0 Å². The number of carbonyl (C=O) groups excluding carboxylic acids is 2. The average Bonchev–Trinajstić information content (AvgIpc) is 2.46. The molecule has 1 saturated heterocycles. The first-order valence-corrected chi connectivity index (χ1v) is 7.55. The maximum Gasteiger partial charge on any atom is 0.220 e. The highest BCUT2D eigenvalue weighted by molar-refractivity contribution is 6.01. The minimum atomic E-state index is -0.219. The number of hydrogen-bond donors (Lipinski definition) is 1. The molecule has 0 saturated carbocycles. The molecular formula is C17H24N2O2. The van der Waals surface area contributed by atoms with Crippen molar-refractivity contribution in [2.45, 2.75) is 39.7 Å². The molecule has 0 aliphatic carbocycles. The van der Waals surface area contributed by atoms with Gasteiger partial charge in [0.2, 0.25) is 5.91 Å². The molecule has 1 heterocycles. The number of aryl methyl sites for hydroxylation is 2. The van der Waals surface area contributed by atoms with Gasteiger partial charge in [-0.1, -0.05) is 23.8 Å². The van der Waals surface area contributed by atoms with E-state index in [1.807, 2.05) is 39.0 Å². The van der Waals surface area contributed by atoms with Crippen LogP contribution in [-0.4, -0.2) is 35.7 Å². The second-order valence-corrected chi connectivity index (χ2v) is 6.07. The van der Waals surface area contributed by atoms with Crippen molar-refractivity contribution in [2.24, 2.45) is 11.7 Å². The van der Waals surface area contributed by atoms with Gasteiger partial charge in [-0.05, 0) is 52.3 Å². The Kier molecular flexibility index (Phi) is 4.78. The van der Waals surface area contributed by atoms with Gasteiger partial charge in [-0.2, -0.15) is 0 Å². The molecule has 0 aromatic heterocycles. The third-order valence-electron chi connectivity index (χ3n) is 4.51. The van der Waals surface area contributed by atoms with E-state index in [0.717, 1.165) is 37.1 Å². The highest BCUT2D eigenvalue weighted by Gasteiger charge is 2.29. The first-order valence-electron chi connectivity index (χ1n) is 7.55. The summed E-state index contributed by atoms with van der Waals surface area (Å²) in [6.07, 6.45) is 1.50. The van der Waals surface area contributed by atoms with Gasteiger partial charge < -0.3 is 5.73 Å². The molecule has 21 heavy (non-hydrogen) atoms. The summed E-state index contributed by atoms with van der Waals surface area (Å²) in [5.74, 6) is -0.0994. The minimum Gasteiger partial charge on any atom is -0.369 e. The SMILES string of the molecule is Cc1ccc(C(=O)C(C)N2CCC(C(N)=O)CC2)c(C)c1. The number of Topliss-reactive ketones (excluding diaryl/α,β-unsaturated/α-hetero) is 1. The van der Waals surface area contributed by atoms with Crippen LogP contribution in [0.2, 0.25) is 0 Å². The van der Waals surface area contributed by atoms with Gasteiger partial charge in [0.05, 0.1) is 6.04 Å². The van der Waals surface area contributed by atoms with E-state index in [0.29, 0.717) is 0 Å². The average molecular weight is 288 g/mol. The number of likely N-dealkylation sites (tertiary alicyclic amines) is 1. The zero-order valence-electron chi connectivity index (χ0n) is 13.1. The Labute approximate surface area is 126 Å². The maximum atomic E-state index is 12.7. The fourth-order valence-electron chi connectivity index (χ4n) is 3.05. The number of hydrogen-bond acceptors (Lipinski definition) is 3. The summed E-state index contributed by atoms with van der Waals surface area (Å²) in [4.78, 5) is 26.0. The van der Waals surface area contributed by atoms with Gasteiger partial charge in [-0.25, -0.2) is 0 Å². The molecular weight excluding hydrogens is 264 g/mol. The third-order valence-corrected chi connectivity index (χ3v) is 4.51. The van der Waals surface area contributed by atoms with Crippen molar-refractivity contribution in [1.82, 2.24) is 4.90 Å². The Morgan fingerprint density at radius 3 is 2.38 bits per heavy atom. The number of piperidine rings is 1. The molecule has 2 N–H and O–H groups in total. The molecule has 1 aliphatic heterocycles. The monoisotopic (exact) mass is 288 g/mol. The minimum absolute atomic E-state index is 0.0373. The van der Waals surface area contributed by atoms with Crippen molar-refractivity contribution in [3.63, 3.8) is 0 Å². The summed E-state index contributed by atoms with van der Waals surface area (Å²) in [7, 11) is 0. The Bertz CT molecular complexity index is 546. The van der Waals surface area contributed by atoms with Gasteiger partial charge in [0, 0.05) is 11.5 Å². The fraction of sp³-hybridized carbons (Fsp3) is 0.529. The number of nitrogens with zero attached hydrogens (tertiary/aromatic N) is 1. The molecule has 0 bridgehead atoms. The second kappa shape index (κ2) is 6.39. The van der Waals surface area contributed by atoms with Crippen LogP contribution in [0.3, 0.4) is 0 Å². The molecule has 0 radical (unpaired) electrons. The molecule has 1 fully saturated rings. The Morgan fingerprint density at radius 2 is 1.86 bits per heavy atom.